The molecule has 10 rings (SSSR count). The lowest BCUT2D eigenvalue weighted by Crippen LogP contribution is -2.11. The molecule has 0 fully saturated rings. The quantitative estimate of drug-likeness (QED) is 0.189. The van der Waals surface area contributed by atoms with Crippen LogP contribution in [0, 0.1) is 0 Å². The molecule has 2 nitrogen and oxygen atoms in total. The number of hydrogen-bond donors (Lipinski definition) is 0. The van der Waals surface area contributed by atoms with E-state index in [1.54, 1.807) is 0 Å². The van der Waals surface area contributed by atoms with E-state index in [1.807, 2.05) is 11.3 Å². The van der Waals surface area contributed by atoms with E-state index >= 15 is 0 Å². The number of thiophene rings is 1. The number of nitrogens with zero attached hydrogens (tertiary/aromatic N) is 1. The first-order valence-electron chi connectivity index (χ1n) is 16.6. The molecule has 0 unspecified atom stereocenters. The van der Waals surface area contributed by atoms with Gasteiger partial charge in [0.25, 0.3) is 0 Å². The van der Waals surface area contributed by atoms with Gasteiger partial charge in [-0.25, -0.2) is 0 Å². The fourth-order valence-corrected chi connectivity index (χ4v) is 8.52. The van der Waals surface area contributed by atoms with Gasteiger partial charge in [0.1, 0.15) is 11.5 Å². The molecule has 0 amide bonds. The molecular formula is C46H29NOS. The van der Waals surface area contributed by atoms with Crippen molar-refractivity contribution in [2.24, 2.45) is 0 Å². The Bertz CT molecular complexity index is 2710. The third-order valence-electron chi connectivity index (χ3n) is 9.67. The maximum absolute atomic E-state index is 6.90. The van der Waals surface area contributed by atoms with Crippen molar-refractivity contribution >= 4 is 59.3 Å². The predicted octanol–water partition coefficient (Wildman–Crippen LogP) is 13.8. The average molecular weight is 644 g/mol. The van der Waals surface area contributed by atoms with E-state index in [0.29, 0.717) is 0 Å². The van der Waals surface area contributed by atoms with Gasteiger partial charge >= 0.3 is 0 Å². The summed E-state index contributed by atoms with van der Waals surface area (Å²) in [6.07, 6.45) is 0. The normalized spacial score (nSPS) is 11.8. The largest absolute Gasteiger partial charge is 0.456 e. The molecule has 1 aromatic heterocycles. The summed E-state index contributed by atoms with van der Waals surface area (Å²) in [6, 6.07) is 63.1. The molecule has 0 radical (unpaired) electrons. The number of hydrogen-bond acceptors (Lipinski definition) is 3. The zero-order valence-electron chi connectivity index (χ0n) is 26.5. The average Bonchev–Trinajstić information content (AvgIpc) is 3.46. The maximum atomic E-state index is 6.90. The Kier molecular flexibility index (Phi) is 6.39. The van der Waals surface area contributed by atoms with Crippen molar-refractivity contribution in [1.82, 2.24) is 0 Å². The van der Waals surface area contributed by atoms with Crippen LogP contribution < -0.4 is 9.64 Å². The van der Waals surface area contributed by atoms with Gasteiger partial charge in [0.2, 0.25) is 0 Å². The van der Waals surface area contributed by atoms with Crippen LogP contribution in [0.4, 0.5) is 17.1 Å². The van der Waals surface area contributed by atoms with Crippen LogP contribution in [0.3, 0.4) is 0 Å². The van der Waals surface area contributed by atoms with Gasteiger partial charge in [-0.2, -0.15) is 0 Å². The van der Waals surface area contributed by atoms with Crippen molar-refractivity contribution in [3.63, 3.8) is 0 Å². The van der Waals surface area contributed by atoms with E-state index in [1.165, 1.54) is 47.6 Å². The Morgan fingerprint density at radius 2 is 1.08 bits per heavy atom. The molecule has 230 valence electrons. The molecule has 0 saturated heterocycles. The number of para-hydroxylation sites is 2. The standard InChI is InChI=1S/C46H29NOS/c1-2-12-30(13-3-1)34-15-6-9-19-41(34)47(32-24-27-45-40(28-32)37-18-8-11-21-44(37)49-45)33-23-26-39-43(29-33)48-42-20-10-7-17-36(42)38-25-22-31-14-4-5-16-35(31)46(38)39/h1-29H. The monoisotopic (exact) mass is 643 g/mol. The number of rotatable bonds is 4. The van der Waals surface area contributed by atoms with Crippen LogP contribution in [0.25, 0.3) is 64.3 Å². The second-order valence-corrected chi connectivity index (χ2v) is 13.6. The third-order valence-corrected chi connectivity index (χ3v) is 10.8. The van der Waals surface area contributed by atoms with Gasteiger partial charge in [0, 0.05) is 59.9 Å². The summed E-state index contributed by atoms with van der Waals surface area (Å²) in [7, 11) is 0. The summed E-state index contributed by atoms with van der Waals surface area (Å²) in [5, 5.41) is 4.98. The molecule has 0 saturated carbocycles. The van der Waals surface area contributed by atoms with E-state index in [-0.39, 0.29) is 0 Å². The van der Waals surface area contributed by atoms with Gasteiger partial charge in [0.15, 0.2) is 0 Å². The molecule has 0 bridgehead atoms. The molecular weight excluding hydrogens is 615 g/mol. The molecule has 9 aromatic rings. The van der Waals surface area contributed by atoms with Crippen molar-refractivity contribution in [3.8, 4) is 44.9 Å². The third kappa shape index (κ3) is 4.55. The lowest BCUT2D eigenvalue weighted by molar-refractivity contribution is 0.488. The Morgan fingerprint density at radius 3 is 2.00 bits per heavy atom. The first-order chi connectivity index (χ1) is 24.3. The van der Waals surface area contributed by atoms with Crippen molar-refractivity contribution in [3.05, 3.63) is 176 Å². The van der Waals surface area contributed by atoms with Gasteiger partial charge in [-0.1, -0.05) is 121 Å². The fraction of sp³-hybridized carbons (Fsp3) is 0. The highest BCUT2D eigenvalue weighted by atomic mass is 32.1. The van der Waals surface area contributed by atoms with Crippen LogP contribution >= 0.6 is 11.3 Å². The number of fused-ring (bicyclic) bond motifs is 10. The van der Waals surface area contributed by atoms with Crippen LogP contribution in [0.5, 0.6) is 11.5 Å². The van der Waals surface area contributed by atoms with Crippen LogP contribution in [0.1, 0.15) is 0 Å². The minimum atomic E-state index is 0.837. The van der Waals surface area contributed by atoms with Gasteiger partial charge in [-0.05, 0) is 70.4 Å². The zero-order chi connectivity index (χ0) is 32.3. The minimum Gasteiger partial charge on any atom is -0.456 e. The van der Waals surface area contributed by atoms with E-state index < -0.39 is 0 Å². The first kappa shape index (κ1) is 27.9. The number of benzene rings is 8. The second kappa shape index (κ2) is 11.2. The van der Waals surface area contributed by atoms with Gasteiger partial charge in [-0.3, -0.25) is 0 Å². The molecule has 3 heteroatoms. The molecule has 8 aromatic carbocycles. The first-order valence-corrected chi connectivity index (χ1v) is 17.4. The van der Waals surface area contributed by atoms with Crippen molar-refractivity contribution in [2.75, 3.05) is 4.90 Å². The highest BCUT2D eigenvalue weighted by molar-refractivity contribution is 7.25. The summed E-state index contributed by atoms with van der Waals surface area (Å²) in [5.41, 5.74) is 10.1. The van der Waals surface area contributed by atoms with Crippen LogP contribution in [-0.2, 0) is 0 Å². The van der Waals surface area contributed by atoms with E-state index in [9.17, 15) is 0 Å². The molecule has 49 heavy (non-hydrogen) atoms. The lowest BCUT2D eigenvalue weighted by atomic mass is 9.89. The fourth-order valence-electron chi connectivity index (χ4n) is 7.43. The summed E-state index contributed by atoms with van der Waals surface area (Å²) in [5.74, 6) is 1.70. The Hall–Kier alpha value is -6.16. The topological polar surface area (TPSA) is 12.5 Å². The van der Waals surface area contributed by atoms with Gasteiger partial charge in [-0.15, -0.1) is 11.3 Å². The smallest absolute Gasteiger partial charge is 0.137 e. The molecule has 0 atom stereocenters. The predicted molar refractivity (Wildman–Crippen MR) is 208 cm³/mol. The Morgan fingerprint density at radius 1 is 0.408 bits per heavy atom. The van der Waals surface area contributed by atoms with Gasteiger partial charge in [0.05, 0.1) is 5.69 Å². The van der Waals surface area contributed by atoms with E-state index in [2.05, 4.69) is 181 Å². The SMILES string of the molecule is c1ccc(-c2ccccc2N(c2ccc3c(c2)Oc2ccccc2-c2ccc4ccccc4c2-3)c2ccc3sc4ccccc4c3c2)cc1. The highest BCUT2D eigenvalue weighted by Gasteiger charge is 2.25. The van der Waals surface area contributed by atoms with Gasteiger partial charge < -0.3 is 9.64 Å². The Labute approximate surface area is 288 Å². The Balaban J connectivity index is 1.24. The molecule has 1 aliphatic heterocycles. The van der Waals surface area contributed by atoms with Crippen LogP contribution in [0.2, 0.25) is 0 Å². The molecule has 1 aliphatic rings. The highest BCUT2D eigenvalue weighted by Crippen LogP contribution is 2.52. The molecule has 2 heterocycles. The van der Waals surface area contributed by atoms with E-state index in [0.717, 1.165) is 45.3 Å². The molecule has 0 aliphatic carbocycles. The number of ether oxygens (including phenoxy) is 1. The second-order valence-electron chi connectivity index (χ2n) is 12.5. The van der Waals surface area contributed by atoms with Crippen molar-refractivity contribution < 1.29 is 4.74 Å². The molecule has 0 N–H and O–H groups in total. The van der Waals surface area contributed by atoms with Crippen molar-refractivity contribution in [2.45, 2.75) is 0 Å². The molecule has 0 spiro atoms. The summed E-state index contributed by atoms with van der Waals surface area (Å²) >= 11 is 1.84. The van der Waals surface area contributed by atoms with E-state index in [4.69, 9.17) is 4.74 Å². The summed E-state index contributed by atoms with van der Waals surface area (Å²) in [4.78, 5) is 2.39. The number of anilines is 3. The summed E-state index contributed by atoms with van der Waals surface area (Å²) in [6.45, 7) is 0. The lowest BCUT2D eigenvalue weighted by Gasteiger charge is -2.29. The summed E-state index contributed by atoms with van der Waals surface area (Å²) < 4.78 is 9.49. The van der Waals surface area contributed by atoms with Crippen LogP contribution in [-0.4, -0.2) is 0 Å². The van der Waals surface area contributed by atoms with Crippen LogP contribution in [0.15, 0.2) is 176 Å². The zero-order valence-corrected chi connectivity index (χ0v) is 27.3. The van der Waals surface area contributed by atoms with Crippen molar-refractivity contribution in [1.29, 1.82) is 0 Å². The minimum absolute atomic E-state index is 0.837. The maximum Gasteiger partial charge on any atom is 0.137 e.